The molecule has 0 bridgehead atoms. The molecule has 0 aromatic heterocycles. The second kappa shape index (κ2) is 6.64. The maximum absolute atomic E-state index is 12.2. The van der Waals surface area contributed by atoms with Gasteiger partial charge in [-0.3, -0.25) is 14.9 Å². The number of nitro benzene ring substituents is 1. The van der Waals surface area contributed by atoms with Crippen molar-refractivity contribution < 1.29 is 23.2 Å². The summed E-state index contributed by atoms with van der Waals surface area (Å²) in [5, 5.41) is 19.2. The van der Waals surface area contributed by atoms with Gasteiger partial charge in [-0.25, -0.2) is 13.1 Å². The summed E-state index contributed by atoms with van der Waals surface area (Å²) in [5.74, 6) is -1.01. The number of nitrogens with zero attached hydrogens (tertiary/aromatic N) is 1. The molecule has 0 fully saturated rings. The fourth-order valence-electron chi connectivity index (χ4n) is 1.78. The molecule has 0 amide bonds. The summed E-state index contributed by atoms with van der Waals surface area (Å²) in [4.78, 5) is 20.4. The Morgan fingerprint density at radius 3 is 2.57 bits per heavy atom. The molecule has 116 valence electrons. The summed E-state index contributed by atoms with van der Waals surface area (Å²) in [5.41, 5.74) is 0.0625. The van der Waals surface area contributed by atoms with E-state index in [0.717, 1.165) is 6.07 Å². The molecule has 0 saturated heterocycles. The van der Waals surface area contributed by atoms with Gasteiger partial charge in [-0.05, 0) is 31.9 Å². The topological polar surface area (TPSA) is 127 Å². The third-order valence-electron chi connectivity index (χ3n) is 2.81. The van der Waals surface area contributed by atoms with Crippen molar-refractivity contribution in [2.24, 2.45) is 0 Å². The minimum Gasteiger partial charge on any atom is -0.481 e. The molecule has 0 aliphatic carbocycles. The van der Waals surface area contributed by atoms with Crippen molar-refractivity contribution in [3.05, 3.63) is 33.9 Å². The SMILES string of the molecule is Cc1cc([N+](=O)[O-])ccc1S(=O)(=O)NC(C)CCC(=O)O. The van der Waals surface area contributed by atoms with E-state index >= 15 is 0 Å². The zero-order valence-corrected chi connectivity index (χ0v) is 12.4. The Balaban J connectivity index is 2.93. The van der Waals surface area contributed by atoms with Crippen LogP contribution >= 0.6 is 0 Å². The summed E-state index contributed by atoms with van der Waals surface area (Å²) in [6.07, 6.45) is 0.00349. The summed E-state index contributed by atoms with van der Waals surface area (Å²) < 4.78 is 26.7. The molecule has 1 aromatic carbocycles. The highest BCUT2D eigenvalue weighted by Crippen LogP contribution is 2.21. The lowest BCUT2D eigenvalue weighted by molar-refractivity contribution is -0.385. The Kier molecular flexibility index (Phi) is 5.39. The number of carbonyl (C=O) groups is 1. The van der Waals surface area contributed by atoms with E-state index in [0.29, 0.717) is 0 Å². The highest BCUT2D eigenvalue weighted by Gasteiger charge is 2.21. The van der Waals surface area contributed by atoms with Crippen molar-refractivity contribution >= 4 is 21.7 Å². The first-order valence-corrected chi connectivity index (χ1v) is 7.61. The van der Waals surface area contributed by atoms with Gasteiger partial charge in [0.1, 0.15) is 0 Å². The van der Waals surface area contributed by atoms with Gasteiger partial charge in [0, 0.05) is 24.6 Å². The summed E-state index contributed by atoms with van der Waals surface area (Å²) >= 11 is 0. The highest BCUT2D eigenvalue weighted by molar-refractivity contribution is 7.89. The third-order valence-corrected chi connectivity index (χ3v) is 4.56. The van der Waals surface area contributed by atoms with Gasteiger partial charge in [-0.2, -0.15) is 0 Å². The lowest BCUT2D eigenvalue weighted by Gasteiger charge is -2.14. The first kappa shape index (κ1) is 17.1. The first-order valence-electron chi connectivity index (χ1n) is 6.12. The molecule has 1 rings (SSSR count). The Bertz CT molecular complexity index is 656. The van der Waals surface area contributed by atoms with Crippen LogP contribution in [0.2, 0.25) is 0 Å². The molecule has 21 heavy (non-hydrogen) atoms. The fourth-order valence-corrected chi connectivity index (χ4v) is 3.28. The van der Waals surface area contributed by atoms with Crippen molar-refractivity contribution in [1.82, 2.24) is 4.72 Å². The van der Waals surface area contributed by atoms with E-state index in [1.54, 1.807) is 6.92 Å². The van der Waals surface area contributed by atoms with E-state index in [-0.39, 0.29) is 29.0 Å². The van der Waals surface area contributed by atoms with Gasteiger partial charge < -0.3 is 5.11 Å². The maximum Gasteiger partial charge on any atom is 0.303 e. The van der Waals surface area contributed by atoms with Crippen LogP contribution in [0.5, 0.6) is 0 Å². The number of carboxylic acids is 1. The number of hydrogen-bond acceptors (Lipinski definition) is 5. The number of sulfonamides is 1. The molecular formula is C12H16N2O6S. The van der Waals surface area contributed by atoms with Gasteiger partial charge in [-0.1, -0.05) is 0 Å². The molecular weight excluding hydrogens is 300 g/mol. The number of aliphatic carboxylic acids is 1. The molecule has 0 aliphatic heterocycles. The van der Waals surface area contributed by atoms with Gasteiger partial charge in [-0.15, -0.1) is 0 Å². The van der Waals surface area contributed by atoms with Gasteiger partial charge in [0.25, 0.3) is 5.69 Å². The zero-order chi connectivity index (χ0) is 16.2. The summed E-state index contributed by atoms with van der Waals surface area (Å²) in [7, 11) is -3.85. The Morgan fingerprint density at radius 2 is 2.10 bits per heavy atom. The molecule has 0 heterocycles. The Labute approximate surface area is 122 Å². The van der Waals surface area contributed by atoms with Crippen molar-refractivity contribution in [3.8, 4) is 0 Å². The van der Waals surface area contributed by atoms with Crippen LogP contribution in [0.25, 0.3) is 0 Å². The zero-order valence-electron chi connectivity index (χ0n) is 11.6. The van der Waals surface area contributed by atoms with Crippen LogP contribution in [-0.4, -0.2) is 30.5 Å². The molecule has 8 nitrogen and oxygen atoms in total. The second-order valence-corrected chi connectivity index (χ2v) is 6.34. The van der Waals surface area contributed by atoms with Crippen molar-refractivity contribution in [2.75, 3.05) is 0 Å². The van der Waals surface area contributed by atoms with Gasteiger partial charge >= 0.3 is 5.97 Å². The number of carboxylic acid groups (broad SMARTS) is 1. The van der Waals surface area contributed by atoms with E-state index < -0.39 is 27.0 Å². The Hall–Kier alpha value is -2.00. The van der Waals surface area contributed by atoms with Crippen molar-refractivity contribution in [2.45, 2.75) is 37.6 Å². The van der Waals surface area contributed by atoms with Crippen LogP contribution in [0.3, 0.4) is 0 Å². The molecule has 0 radical (unpaired) electrons. The number of rotatable bonds is 7. The molecule has 2 N–H and O–H groups in total. The molecule has 9 heteroatoms. The lowest BCUT2D eigenvalue weighted by Crippen LogP contribution is -2.33. The monoisotopic (exact) mass is 316 g/mol. The number of non-ortho nitro benzene ring substituents is 1. The van der Waals surface area contributed by atoms with Crippen molar-refractivity contribution in [3.63, 3.8) is 0 Å². The standard InChI is InChI=1S/C12H16N2O6S/c1-8-7-10(14(17)18)4-5-11(8)21(19,20)13-9(2)3-6-12(15)16/h4-5,7,9,13H,3,6H2,1-2H3,(H,15,16). The van der Waals surface area contributed by atoms with Crippen LogP contribution in [0.15, 0.2) is 23.1 Å². The molecule has 1 atom stereocenters. The number of nitrogens with one attached hydrogen (secondary N) is 1. The number of aryl methyl sites for hydroxylation is 1. The van der Waals surface area contributed by atoms with Crippen molar-refractivity contribution in [1.29, 1.82) is 0 Å². The van der Waals surface area contributed by atoms with Crippen LogP contribution in [0.1, 0.15) is 25.3 Å². The Morgan fingerprint density at radius 1 is 1.48 bits per heavy atom. The van der Waals surface area contributed by atoms with E-state index in [2.05, 4.69) is 4.72 Å². The number of hydrogen-bond donors (Lipinski definition) is 2. The van der Waals surface area contributed by atoms with E-state index in [1.807, 2.05) is 0 Å². The molecule has 0 aliphatic rings. The van der Waals surface area contributed by atoms with Gasteiger partial charge in [0.15, 0.2) is 0 Å². The number of nitro groups is 1. The smallest absolute Gasteiger partial charge is 0.303 e. The fraction of sp³-hybridized carbons (Fsp3) is 0.417. The van der Waals surface area contributed by atoms with Crippen LogP contribution in [-0.2, 0) is 14.8 Å². The normalized spacial score (nSPS) is 12.9. The summed E-state index contributed by atoms with van der Waals surface area (Å²) in [6, 6.07) is 2.90. The van der Waals surface area contributed by atoms with E-state index in [9.17, 15) is 23.3 Å². The van der Waals surface area contributed by atoms with Gasteiger partial charge in [0.05, 0.1) is 9.82 Å². The summed E-state index contributed by atoms with van der Waals surface area (Å²) in [6.45, 7) is 3.02. The molecule has 0 saturated carbocycles. The van der Waals surface area contributed by atoms with Gasteiger partial charge in [0.2, 0.25) is 10.0 Å². The molecule has 1 unspecified atom stereocenters. The quantitative estimate of drug-likeness (QED) is 0.579. The minimum absolute atomic E-state index is 0.0599. The van der Waals surface area contributed by atoms with E-state index in [4.69, 9.17) is 5.11 Å². The number of benzene rings is 1. The van der Waals surface area contributed by atoms with Crippen LogP contribution in [0.4, 0.5) is 5.69 Å². The minimum atomic E-state index is -3.85. The predicted octanol–water partition coefficient (Wildman–Crippen LogP) is 1.43. The third kappa shape index (κ3) is 4.80. The molecule has 1 aromatic rings. The average molecular weight is 316 g/mol. The maximum atomic E-state index is 12.2. The van der Waals surface area contributed by atoms with Crippen LogP contribution in [0, 0.1) is 17.0 Å². The lowest BCUT2D eigenvalue weighted by atomic mass is 10.2. The van der Waals surface area contributed by atoms with E-state index in [1.165, 1.54) is 19.1 Å². The molecule has 0 spiro atoms. The second-order valence-electron chi connectivity index (χ2n) is 4.66. The first-order chi connectivity index (χ1) is 9.63. The van der Waals surface area contributed by atoms with Crippen LogP contribution < -0.4 is 4.72 Å². The average Bonchev–Trinajstić information content (AvgIpc) is 2.35. The highest BCUT2D eigenvalue weighted by atomic mass is 32.2. The largest absolute Gasteiger partial charge is 0.481 e. The predicted molar refractivity (Wildman–Crippen MR) is 74.5 cm³/mol.